The molecule has 2 heterocycles. The van der Waals surface area contributed by atoms with Gasteiger partial charge in [-0.1, -0.05) is 12.1 Å². The average molecular weight is 300 g/mol. The zero-order valence-corrected chi connectivity index (χ0v) is 13.0. The molecule has 3 aromatic rings. The number of aromatic nitrogens is 2. The van der Waals surface area contributed by atoms with Gasteiger partial charge in [-0.2, -0.15) is 0 Å². The van der Waals surface area contributed by atoms with Gasteiger partial charge in [0.15, 0.2) is 5.75 Å². The Balaban J connectivity index is 2.17. The maximum Gasteiger partial charge on any atom is 0.277 e. The second-order valence-electron chi connectivity index (χ2n) is 5.07. The number of rotatable bonds is 3. The van der Waals surface area contributed by atoms with Gasteiger partial charge in [-0.25, -0.2) is 4.98 Å². The van der Waals surface area contributed by atoms with Crippen molar-refractivity contribution in [2.24, 2.45) is 0 Å². The highest BCUT2D eigenvalue weighted by Crippen LogP contribution is 2.38. The number of hydrogen-bond acceptors (Lipinski definition) is 4. The summed E-state index contributed by atoms with van der Waals surface area (Å²) in [7, 11) is 0. The van der Waals surface area contributed by atoms with Gasteiger partial charge in [-0.05, 0) is 32.9 Å². The van der Waals surface area contributed by atoms with Gasteiger partial charge in [-0.3, -0.25) is 9.36 Å². The summed E-state index contributed by atoms with van der Waals surface area (Å²) in [5.74, 6) is 1.25. The molecule has 0 spiro atoms. The molecule has 5 heteroatoms. The molecule has 1 aromatic carbocycles. The number of aryl methyl sites for hydroxylation is 1. The van der Waals surface area contributed by atoms with Crippen molar-refractivity contribution < 1.29 is 9.53 Å². The Morgan fingerprint density at radius 1 is 1.33 bits per heavy atom. The number of fused-ring (bicyclic) bond motifs is 1. The minimum absolute atomic E-state index is 0.0124. The first-order chi connectivity index (χ1) is 10.1. The van der Waals surface area contributed by atoms with Gasteiger partial charge >= 0.3 is 0 Å². The average Bonchev–Trinajstić information content (AvgIpc) is 3.02. The summed E-state index contributed by atoms with van der Waals surface area (Å²) in [6.45, 7) is 5.74. The van der Waals surface area contributed by atoms with Crippen LogP contribution in [0.3, 0.4) is 0 Å². The Labute approximate surface area is 127 Å². The lowest BCUT2D eigenvalue weighted by molar-refractivity contribution is 0.0957. The van der Waals surface area contributed by atoms with E-state index in [1.165, 1.54) is 11.3 Å². The fraction of sp³-hybridized carbons (Fsp3) is 0.250. The molecule has 3 rings (SSSR count). The first kappa shape index (κ1) is 13.8. The zero-order valence-electron chi connectivity index (χ0n) is 12.2. The highest BCUT2D eigenvalue weighted by atomic mass is 32.1. The molecule has 0 saturated heterocycles. The Morgan fingerprint density at radius 2 is 2.10 bits per heavy atom. The molecule has 0 aliphatic carbocycles. The maximum atomic E-state index is 12.8. The van der Waals surface area contributed by atoms with Crippen LogP contribution in [0.2, 0.25) is 0 Å². The largest absolute Gasteiger partial charge is 0.489 e. The summed E-state index contributed by atoms with van der Waals surface area (Å²) in [5, 5.41) is 0.984. The standard InChI is InChI=1S/C16H16N2O2S/c1-10(2)20-14-12-6-4-5-7-13(12)21-15(14)16(19)18-9-8-17-11(18)3/h4-10H,1-3H3. The highest BCUT2D eigenvalue weighted by Gasteiger charge is 2.22. The van der Waals surface area contributed by atoms with Crippen molar-refractivity contribution in [3.8, 4) is 5.75 Å². The van der Waals surface area contributed by atoms with E-state index >= 15 is 0 Å². The van der Waals surface area contributed by atoms with E-state index in [-0.39, 0.29) is 12.0 Å². The Morgan fingerprint density at radius 3 is 2.76 bits per heavy atom. The van der Waals surface area contributed by atoms with Gasteiger partial charge in [0, 0.05) is 22.5 Å². The van der Waals surface area contributed by atoms with Crippen LogP contribution >= 0.6 is 11.3 Å². The van der Waals surface area contributed by atoms with E-state index in [2.05, 4.69) is 4.98 Å². The maximum absolute atomic E-state index is 12.8. The van der Waals surface area contributed by atoms with Crippen LogP contribution in [-0.4, -0.2) is 21.6 Å². The SMILES string of the molecule is Cc1nccn1C(=O)c1sc2ccccc2c1OC(C)C. The lowest BCUT2D eigenvalue weighted by atomic mass is 10.2. The molecule has 0 N–H and O–H groups in total. The van der Waals surface area contributed by atoms with E-state index in [1.807, 2.05) is 45.0 Å². The van der Waals surface area contributed by atoms with Gasteiger partial charge in [0.05, 0.1) is 6.10 Å². The van der Waals surface area contributed by atoms with Crippen molar-refractivity contribution in [2.75, 3.05) is 0 Å². The third-order valence-electron chi connectivity index (χ3n) is 3.14. The summed E-state index contributed by atoms with van der Waals surface area (Å²) in [6, 6.07) is 7.92. The number of nitrogens with zero attached hydrogens (tertiary/aromatic N) is 2. The highest BCUT2D eigenvalue weighted by molar-refractivity contribution is 7.21. The molecule has 0 saturated carbocycles. The van der Waals surface area contributed by atoms with E-state index in [0.29, 0.717) is 16.5 Å². The number of hydrogen-bond donors (Lipinski definition) is 0. The molecular weight excluding hydrogens is 284 g/mol. The van der Waals surface area contributed by atoms with Crippen LogP contribution < -0.4 is 4.74 Å². The van der Waals surface area contributed by atoms with Crippen LogP contribution in [0.4, 0.5) is 0 Å². The molecule has 4 nitrogen and oxygen atoms in total. The topological polar surface area (TPSA) is 44.1 Å². The number of carbonyl (C=O) groups is 1. The van der Waals surface area contributed by atoms with Gasteiger partial charge in [0.1, 0.15) is 10.7 Å². The van der Waals surface area contributed by atoms with Gasteiger partial charge < -0.3 is 4.74 Å². The molecule has 0 unspecified atom stereocenters. The van der Waals surface area contributed by atoms with E-state index < -0.39 is 0 Å². The minimum atomic E-state index is -0.0955. The number of ether oxygens (including phenoxy) is 1. The monoisotopic (exact) mass is 300 g/mol. The second kappa shape index (κ2) is 5.33. The van der Waals surface area contributed by atoms with E-state index in [0.717, 1.165) is 10.1 Å². The first-order valence-corrected chi connectivity index (χ1v) is 7.62. The molecule has 0 amide bonds. The third-order valence-corrected chi connectivity index (χ3v) is 4.28. The second-order valence-corrected chi connectivity index (χ2v) is 6.12. The van der Waals surface area contributed by atoms with Crippen LogP contribution in [-0.2, 0) is 0 Å². The zero-order chi connectivity index (χ0) is 15.0. The van der Waals surface area contributed by atoms with Crippen molar-refractivity contribution in [2.45, 2.75) is 26.9 Å². The van der Waals surface area contributed by atoms with Crippen molar-refractivity contribution in [1.29, 1.82) is 0 Å². The van der Waals surface area contributed by atoms with Gasteiger partial charge in [0.2, 0.25) is 0 Å². The lowest BCUT2D eigenvalue weighted by Gasteiger charge is -2.11. The van der Waals surface area contributed by atoms with Crippen molar-refractivity contribution in [3.05, 3.63) is 47.4 Å². The smallest absolute Gasteiger partial charge is 0.277 e. The summed E-state index contributed by atoms with van der Waals surface area (Å²) in [4.78, 5) is 17.5. The Bertz CT molecular complexity index is 802. The van der Waals surface area contributed by atoms with E-state index in [1.54, 1.807) is 17.0 Å². The van der Waals surface area contributed by atoms with E-state index in [9.17, 15) is 4.79 Å². The van der Waals surface area contributed by atoms with Crippen LogP contribution in [0.15, 0.2) is 36.7 Å². The first-order valence-electron chi connectivity index (χ1n) is 6.80. The van der Waals surface area contributed by atoms with Crippen molar-refractivity contribution in [3.63, 3.8) is 0 Å². The minimum Gasteiger partial charge on any atom is -0.489 e. The molecule has 0 fully saturated rings. The quantitative estimate of drug-likeness (QED) is 0.737. The summed E-state index contributed by atoms with van der Waals surface area (Å²) in [6.07, 6.45) is 3.32. The van der Waals surface area contributed by atoms with Crippen LogP contribution in [0.5, 0.6) is 5.75 Å². The molecule has 0 bridgehead atoms. The Hall–Kier alpha value is -2.14. The van der Waals surface area contributed by atoms with Crippen LogP contribution in [0.1, 0.15) is 29.3 Å². The normalized spacial score (nSPS) is 11.2. The molecule has 0 aliphatic rings. The number of carbonyl (C=O) groups excluding carboxylic acids is 1. The molecule has 0 aliphatic heterocycles. The fourth-order valence-electron chi connectivity index (χ4n) is 2.22. The molecule has 21 heavy (non-hydrogen) atoms. The van der Waals surface area contributed by atoms with Crippen LogP contribution in [0, 0.1) is 6.92 Å². The number of imidazole rings is 1. The fourth-order valence-corrected chi connectivity index (χ4v) is 3.29. The molecule has 2 aromatic heterocycles. The predicted molar refractivity (Wildman–Crippen MR) is 84.3 cm³/mol. The summed E-state index contributed by atoms with van der Waals surface area (Å²) in [5.41, 5.74) is 0. The summed E-state index contributed by atoms with van der Waals surface area (Å²) >= 11 is 1.46. The summed E-state index contributed by atoms with van der Waals surface area (Å²) < 4.78 is 8.52. The molecular formula is C16H16N2O2S. The predicted octanol–water partition coefficient (Wildman–Crippen LogP) is 3.88. The van der Waals surface area contributed by atoms with Crippen LogP contribution in [0.25, 0.3) is 10.1 Å². The Kier molecular flexibility index (Phi) is 3.51. The number of benzene rings is 1. The van der Waals surface area contributed by atoms with Crippen molar-refractivity contribution >= 4 is 27.3 Å². The van der Waals surface area contributed by atoms with E-state index in [4.69, 9.17) is 4.74 Å². The molecule has 0 atom stereocenters. The number of thiophene rings is 1. The molecule has 108 valence electrons. The van der Waals surface area contributed by atoms with Gasteiger partial charge in [0.25, 0.3) is 5.91 Å². The van der Waals surface area contributed by atoms with Crippen molar-refractivity contribution in [1.82, 2.24) is 9.55 Å². The van der Waals surface area contributed by atoms with Gasteiger partial charge in [-0.15, -0.1) is 11.3 Å². The molecule has 0 radical (unpaired) electrons. The third kappa shape index (κ3) is 2.45. The lowest BCUT2D eigenvalue weighted by Crippen LogP contribution is -2.14.